The van der Waals surface area contributed by atoms with Crippen LogP contribution in [0.25, 0.3) is 0 Å². The van der Waals surface area contributed by atoms with Crippen molar-refractivity contribution in [2.24, 2.45) is 10.6 Å². The van der Waals surface area contributed by atoms with E-state index >= 15 is 0 Å². The van der Waals surface area contributed by atoms with Crippen LogP contribution in [-0.4, -0.2) is 95.8 Å². The Morgan fingerprint density at radius 3 is 2.17 bits per heavy atom. The molecule has 298 valence electrons. The molecule has 1 aromatic carbocycles. The van der Waals surface area contributed by atoms with Crippen LogP contribution in [0.4, 0.5) is 31.1 Å². The average molecular weight is 776 g/mol. The number of amides is 4. The number of nitrogens with one attached hydrogen (secondary N) is 3. The molecule has 0 bridgehead atoms. The fourth-order valence-electron chi connectivity index (χ4n) is 6.60. The van der Waals surface area contributed by atoms with Gasteiger partial charge in [0, 0.05) is 30.9 Å². The molecule has 54 heavy (non-hydrogen) atoms. The number of hydrogen-bond acceptors (Lipinski definition) is 9. The van der Waals surface area contributed by atoms with Crippen LogP contribution in [0.3, 0.4) is 0 Å². The monoisotopic (exact) mass is 775 g/mol. The maximum Gasteiger partial charge on any atom is 0.416 e. The third-order valence-electron chi connectivity index (χ3n) is 9.63. The van der Waals surface area contributed by atoms with Crippen LogP contribution in [0.5, 0.6) is 0 Å². The lowest BCUT2D eigenvalue weighted by atomic mass is 9.85. The third kappa shape index (κ3) is 9.62. The topological polar surface area (TPSA) is 165 Å². The minimum atomic E-state index is -5.13. The number of carbonyl (C=O) groups is 5. The van der Waals surface area contributed by atoms with Crippen LogP contribution in [0.2, 0.25) is 0 Å². The van der Waals surface area contributed by atoms with Gasteiger partial charge in [-0.15, -0.1) is 0 Å². The van der Waals surface area contributed by atoms with Crippen molar-refractivity contribution in [2.75, 3.05) is 19.8 Å². The maximum atomic E-state index is 14.4. The zero-order valence-corrected chi connectivity index (χ0v) is 30.1. The van der Waals surface area contributed by atoms with E-state index in [9.17, 15) is 50.3 Å². The summed E-state index contributed by atoms with van der Waals surface area (Å²) in [4.78, 5) is 74.0. The molecule has 4 amide bonds. The predicted octanol–water partition coefficient (Wildman–Crippen LogP) is 4.25. The molecule has 3 fully saturated rings. The Hall–Kier alpha value is -4.42. The molecule has 3 N–H and O–H groups in total. The van der Waals surface area contributed by atoms with Crippen LogP contribution in [0.15, 0.2) is 23.4 Å². The average Bonchev–Trinajstić information content (AvgIpc) is 3.42. The Morgan fingerprint density at radius 1 is 0.981 bits per heavy atom. The Bertz CT molecular complexity index is 1640. The lowest BCUT2D eigenvalue weighted by Gasteiger charge is -2.35. The number of ketones is 1. The van der Waals surface area contributed by atoms with Crippen molar-refractivity contribution in [3.63, 3.8) is 0 Å². The van der Waals surface area contributed by atoms with Crippen LogP contribution < -0.4 is 16.0 Å². The zero-order chi connectivity index (χ0) is 39.8. The molecular formula is C35H43F6N5O8. The summed E-state index contributed by atoms with van der Waals surface area (Å²) in [6.45, 7) is 6.75. The molecule has 5 atom stereocenters. The first-order valence-electron chi connectivity index (χ1n) is 17.7. The summed E-state index contributed by atoms with van der Waals surface area (Å²) in [5, 5.41) is 11.6. The van der Waals surface area contributed by atoms with Crippen LogP contribution >= 0.6 is 0 Å². The summed E-state index contributed by atoms with van der Waals surface area (Å²) < 4.78 is 92.7. The number of halogens is 6. The molecule has 3 heterocycles. The van der Waals surface area contributed by atoms with Crippen molar-refractivity contribution in [1.29, 1.82) is 0 Å². The Kier molecular flexibility index (Phi) is 11.6. The zero-order valence-electron chi connectivity index (χ0n) is 30.1. The SMILES string of the molecule is CCC[C@H](NC(=O)[C@@H]1C[C@]2(CC(c3cc(C(F)(F)F)cc(C(F)(F)F)c3)=NO2)CN1C(=O)[C@@H](NC(=O)O[C@H]1CCOC1)C(C)(C)C)C(=O)C(=O)NC1CC1. The van der Waals surface area contributed by atoms with Gasteiger partial charge in [0.05, 0.1) is 42.6 Å². The van der Waals surface area contributed by atoms with E-state index in [1.54, 1.807) is 27.7 Å². The molecular weight excluding hydrogens is 732 g/mol. The number of benzene rings is 1. The van der Waals surface area contributed by atoms with Crippen LogP contribution in [0.1, 0.15) is 89.3 Å². The summed E-state index contributed by atoms with van der Waals surface area (Å²) in [7, 11) is 0. The fraction of sp³-hybridized carbons (Fsp3) is 0.657. The normalized spacial score (nSPS) is 24.0. The van der Waals surface area contributed by atoms with E-state index in [2.05, 4.69) is 21.1 Å². The van der Waals surface area contributed by atoms with E-state index in [1.807, 2.05) is 0 Å². The quantitative estimate of drug-likeness (QED) is 0.222. The molecule has 3 aliphatic heterocycles. The Balaban J connectivity index is 1.44. The summed E-state index contributed by atoms with van der Waals surface area (Å²) in [6.07, 6.45) is -10.2. The first-order chi connectivity index (χ1) is 25.1. The van der Waals surface area contributed by atoms with Crippen molar-refractivity contribution in [3.05, 3.63) is 34.9 Å². The van der Waals surface area contributed by atoms with Gasteiger partial charge < -0.3 is 35.2 Å². The van der Waals surface area contributed by atoms with E-state index in [0.717, 1.165) is 4.90 Å². The highest BCUT2D eigenvalue weighted by atomic mass is 19.4. The number of likely N-dealkylation sites (tertiary alicyclic amines) is 1. The minimum Gasteiger partial charge on any atom is -0.444 e. The van der Waals surface area contributed by atoms with Gasteiger partial charge in [0.15, 0.2) is 5.60 Å². The number of oxime groups is 1. The number of carbonyl (C=O) groups excluding carboxylic acids is 5. The lowest BCUT2D eigenvalue weighted by Crippen LogP contribution is -2.59. The predicted molar refractivity (Wildman–Crippen MR) is 177 cm³/mol. The lowest BCUT2D eigenvalue weighted by molar-refractivity contribution is -0.144. The summed E-state index contributed by atoms with van der Waals surface area (Å²) in [6, 6.07) is -3.19. The minimum absolute atomic E-state index is 0.0186. The van der Waals surface area contributed by atoms with Gasteiger partial charge in [0.1, 0.15) is 18.2 Å². The molecule has 13 nitrogen and oxygen atoms in total. The fourth-order valence-corrected chi connectivity index (χ4v) is 6.60. The number of alkyl carbamates (subject to hydrolysis) is 1. The highest BCUT2D eigenvalue weighted by Crippen LogP contribution is 2.42. The first kappa shape index (κ1) is 40.8. The van der Waals surface area contributed by atoms with Crippen LogP contribution in [-0.2, 0) is 45.8 Å². The summed E-state index contributed by atoms with van der Waals surface area (Å²) in [5.41, 5.74) is -6.55. The highest BCUT2D eigenvalue weighted by Gasteiger charge is 2.56. The van der Waals surface area contributed by atoms with Gasteiger partial charge in [-0.3, -0.25) is 19.2 Å². The standard InChI is InChI=1S/C35H43F6N5O8/c1-5-6-23(26(47)29(49)42-21-7-8-21)43-28(48)25-15-33(14-24(45-54-33)18-11-19(34(36,37)38)13-20(12-18)35(39,40)41)17-46(25)30(50)27(32(2,3)4)44-31(51)53-22-9-10-52-16-22/h11-13,21-23,25,27H,5-10,14-17H2,1-4H3,(H,42,49)(H,43,48)(H,44,51)/t22-,23-,25-,27+,33+/m0/s1. The smallest absolute Gasteiger partial charge is 0.416 e. The summed E-state index contributed by atoms with van der Waals surface area (Å²) >= 11 is 0. The molecule has 0 unspecified atom stereocenters. The first-order valence-corrected chi connectivity index (χ1v) is 17.7. The number of ether oxygens (including phenoxy) is 2. The summed E-state index contributed by atoms with van der Waals surface area (Å²) in [5.74, 6) is -3.45. The van der Waals surface area contributed by atoms with Crippen molar-refractivity contribution in [2.45, 2.75) is 121 Å². The molecule has 0 radical (unpaired) electrons. The van der Waals surface area contributed by atoms with E-state index in [4.69, 9.17) is 14.3 Å². The molecule has 0 aromatic heterocycles. The van der Waals surface area contributed by atoms with Crippen LogP contribution in [0, 0.1) is 5.41 Å². The Morgan fingerprint density at radius 2 is 1.63 bits per heavy atom. The Labute approximate surface area is 306 Å². The molecule has 1 spiro atoms. The molecule has 2 saturated heterocycles. The van der Waals surface area contributed by atoms with Gasteiger partial charge in [-0.25, -0.2) is 4.79 Å². The van der Waals surface area contributed by atoms with E-state index in [1.165, 1.54) is 0 Å². The van der Waals surface area contributed by atoms with Crippen molar-refractivity contribution in [1.82, 2.24) is 20.9 Å². The van der Waals surface area contributed by atoms with Crippen molar-refractivity contribution in [3.8, 4) is 0 Å². The third-order valence-corrected chi connectivity index (χ3v) is 9.63. The van der Waals surface area contributed by atoms with E-state index < -0.39 is 107 Å². The van der Waals surface area contributed by atoms with Gasteiger partial charge in [-0.1, -0.05) is 39.3 Å². The van der Waals surface area contributed by atoms with E-state index in [0.29, 0.717) is 44.4 Å². The van der Waals surface area contributed by atoms with Gasteiger partial charge in [-0.05, 0) is 42.9 Å². The second-order valence-electron chi connectivity index (χ2n) is 15.3. The van der Waals surface area contributed by atoms with Gasteiger partial charge >= 0.3 is 18.4 Å². The molecule has 19 heteroatoms. The second kappa shape index (κ2) is 15.4. The molecule has 4 aliphatic rings. The highest BCUT2D eigenvalue weighted by molar-refractivity contribution is 6.38. The number of nitrogens with zero attached hydrogens (tertiary/aromatic N) is 2. The number of alkyl halides is 6. The van der Waals surface area contributed by atoms with Gasteiger partial charge in [-0.2, -0.15) is 26.3 Å². The molecule has 5 rings (SSSR count). The maximum absolute atomic E-state index is 14.4. The van der Waals surface area contributed by atoms with Crippen molar-refractivity contribution >= 4 is 35.3 Å². The largest absolute Gasteiger partial charge is 0.444 e. The molecule has 1 aliphatic carbocycles. The van der Waals surface area contributed by atoms with Gasteiger partial charge in [0.25, 0.3) is 5.91 Å². The van der Waals surface area contributed by atoms with E-state index in [-0.39, 0.29) is 37.3 Å². The molecule has 1 aromatic rings. The van der Waals surface area contributed by atoms with Gasteiger partial charge in [0.2, 0.25) is 17.6 Å². The molecule has 1 saturated carbocycles. The number of rotatable bonds is 11. The number of Topliss-reactive ketones (excluding diaryl/α,β-unsaturated/α-hetero) is 1. The van der Waals surface area contributed by atoms with Crippen molar-refractivity contribution < 1.29 is 64.6 Å². The number of hydrogen-bond donors (Lipinski definition) is 3. The second-order valence-corrected chi connectivity index (χ2v) is 15.3.